The molecule has 0 bridgehead atoms. The lowest BCUT2D eigenvalue weighted by Gasteiger charge is -2.14. The quantitative estimate of drug-likeness (QED) is 0.576. The number of hydrogen-bond donors (Lipinski definition) is 2. The fraction of sp³-hybridized carbons (Fsp3) is 0.154. The van der Waals surface area contributed by atoms with E-state index in [-0.39, 0.29) is 13.2 Å². The van der Waals surface area contributed by atoms with Crippen molar-refractivity contribution >= 4 is 47.5 Å². The molecule has 20 heavy (non-hydrogen) atoms. The van der Waals surface area contributed by atoms with Crippen molar-refractivity contribution in [2.45, 2.75) is 0 Å². The largest absolute Gasteiger partial charge is 0.340 e. The molecule has 0 radical (unpaired) electrons. The molecule has 2 aromatic heterocycles. The molecule has 7 heteroatoms. The number of para-hydroxylation sites is 1. The van der Waals surface area contributed by atoms with Crippen LogP contribution in [-0.2, 0) is 0 Å². The highest BCUT2D eigenvalue weighted by Gasteiger charge is 2.11. The first-order chi connectivity index (χ1) is 9.65. The van der Waals surface area contributed by atoms with Gasteiger partial charge in [-0.3, -0.25) is 0 Å². The van der Waals surface area contributed by atoms with Gasteiger partial charge in [-0.1, -0.05) is 26.1 Å². The molecule has 0 spiro atoms. The lowest BCUT2D eigenvalue weighted by Crippen LogP contribution is -2.08. The zero-order chi connectivity index (χ0) is 14.1. The molecule has 0 unspecified atom stereocenters. The number of rotatable bonds is 3. The van der Waals surface area contributed by atoms with Gasteiger partial charge in [-0.2, -0.15) is 9.97 Å². The summed E-state index contributed by atoms with van der Waals surface area (Å²) in [5, 5.41) is 4.80. The van der Waals surface area contributed by atoms with E-state index in [2.05, 4.69) is 44.6 Å². The summed E-state index contributed by atoms with van der Waals surface area (Å²) in [7, 11) is -0.217. The molecule has 0 aliphatic rings. The maximum absolute atomic E-state index is 5.94. The Morgan fingerprint density at radius 3 is 2.80 bits per heavy atom. The molecule has 2 heterocycles. The summed E-state index contributed by atoms with van der Waals surface area (Å²) < 4.78 is 0. The molecule has 3 rings (SSSR count). The van der Waals surface area contributed by atoms with Crippen LogP contribution in [0.25, 0.3) is 11.2 Å². The Labute approximate surface area is 122 Å². The van der Waals surface area contributed by atoms with Gasteiger partial charge in [0.1, 0.15) is 5.52 Å². The van der Waals surface area contributed by atoms with Gasteiger partial charge in [-0.05, 0) is 36.3 Å². The van der Waals surface area contributed by atoms with Crippen LogP contribution in [0.4, 0.5) is 11.5 Å². The third-order valence-electron chi connectivity index (χ3n) is 2.90. The molecule has 0 aliphatic heterocycles. The number of fused-ring (bicyclic) bond motifs is 1. The summed E-state index contributed by atoms with van der Waals surface area (Å²) in [4.78, 5) is 15.5. The van der Waals surface area contributed by atoms with Crippen molar-refractivity contribution in [3.05, 3.63) is 35.9 Å². The van der Waals surface area contributed by atoms with Gasteiger partial charge in [0.15, 0.2) is 11.5 Å². The standard InChI is InChI=1S/C13H13ClN5P/c1-20(2)9-6-4-3-5-8(9)17-12-10-11(16-7-15-10)18-13(14)19-12/h3-7H,1-2H3,(H2,15,16,17,18,19). The van der Waals surface area contributed by atoms with E-state index < -0.39 is 0 Å². The summed E-state index contributed by atoms with van der Waals surface area (Å²) in [5.74, 6) is 0.641. The third kappa shape index (κ3) is 2.47. The van der Waals surface area contributed by atoms with E-state index in [1.54, 1.807) is 6.33 Å². The van der Waals surface area contributed by atoms with Crippen LogP contribution < -0.4 is 10.6 Å². The second-order valence-corrected chi connectivity index (χ2v) is 7.09. The van der Waals surface area contributed by atoms with E-state index in [4.69, 9.17) is 11.6 Å². The number of imidazole rings is 1. The van der Waals surface area contributed by atoms with Crippen molar-refractivity contribution in [3.63, 3.8) is 0 Å². The molecule has 1 aromatic carbocycles. The number of anilines is 2. The van der Waals surface area contributed by atoms with Gasteiger partial charge in [0.05, 0.1) is 6.33 Å². The number of nitrogens with one attached hydrogen (secondary N) is 2. The highest BCUT2D eigenvalue weighted by Crippen LogP contribution is 2.30. The minimum Gasteiger partial charge on any atom is -0.340 e. The lowest BCUT2D eigenvalue weighted by molar-refractivity contribution is 1.20. The summed E-state index contributed by atoms with van der Waals surface area (Å²) >= 11 is 5.94. The van der Waals surface area contributed by atoms with Crippen LogP contribution in [0.5, 0.6) is 0 Å². The molecule has 5 nitrogen and oxygen atoms in total. The molecule has 0 saturated carbocycles. The topological polar surface area (TPSA) is 66.5 Å². The average Bonchev–Trinajstić information content (AvgIpc) is 2.87. The van der Waals surface area contributed by atoms with Crippen molar-refractivity contribution in [2.24, 2.45) is 0 Å². The number of halogens is 1. The van der Waals surface area contributed by atoms with E-state index in [1.165, 1.54) is 5.30 Å². The molecule has 2 N–H and O–H groups in total. The Morgan fingerprint density at radius 1 is 1.20 bits per heavy atom. The zero-order valence-electron chi connectivity index (χ0n) is 11.1. The monoisotopic (exact) mass is 305 g/mol. The first-order valence-electron chi connectivity index (χ1n) is 6.05. The van der Waals surface area contributed by atoms with Crippen LogP contribution in [0.3, 0.4) is 0 Å². The van der Waals surface area contributed by atoms with E-state index in [0.717, 1.165) is 11.2 Å². The molecule has 0 aliphatic carbocycles. The Kier molecular flexibility index (Phi) is 3.55. The molecular formula is C13H13ClN5P. The van der Waals surface area contributed by atoms with E-state index >= 15 is 0 Å². The predicted molar refractivity (Wildman–Crippen MR) is 84.8 cm³/mol. The second-order valence-electron chi connectivity index (χ2n) is 4.48. The number of aromatic nitrogens is 4. The fourth-order valence-electron chi connectivity index (χ4n) is 1.99. The van der Waals surface area contributed by atoms with Gasteiger partial charge in [0.25, 0.3) is 0 Å². The number of benzene rings is 1. The van der Waals surface area contributed by atoms with Crippen molar-refractivity contribution < 1.29 is 0 Å². The van der Waals surface area contributed by atoms with Crippen LogP contribution in [-0.4, -0.2) is 33.3 Å². The summed E-state index contributed by atoms with van der Waals surface area (Å²) in [6.45, 7) is 4.43. The van der Waals surface area contributed by atoms with Gasteiger partial charge in [0, 0.05) is 5.69 Å². The van der Waals surface area contributed by atoms with Crippen LogP contribution >= 0.6 is 19.5 Å². The second kappa shape index (κ2) is 5.35. The number of aromatic amines is 1. The highest BCUT2D eigenvalue weighted by molar-refractivity contribution is 7.64. The maximum atomic E-state index is 5.94. The Hall–Kier alpha value is -1.71. The Morgan fingerprint density at radius 2 is 2.00 bits per heavy atom. The summed E-state index contributed by atoms with van der Waals surface area (Å²) in [6, 6.07) is 8.20. The van der Waals surface area contributed by atoms with Gasteiger partial charge in [-0.15, -0.1) is 0 Å². The van der Waals surface area contributed by atoms with Gasteiger partial charge in [-0.25, -0.2) is 4.98 Å². The van der Waals surface area contributed by atoms with Gasteiger partial charge in [0.2, 0.25) is 5.28 Å². The number of hydrogen-bond acceptors (Lipinski definition) is 4. The number of H-pyrrole nitrogens is 1. The van der Waals surface area contributed by atoms with Crippen molar-refractivity contribution in [3.8, 4) is 0 Å². The first kappa shape index (κ1) is 13.3. The SMILES string of the molecule is CP(C)c1ccccc1Nc1nc(Cl)nc2nc[nH]c12. The maximum Gasteiger partial charge on any atom is 0.226 e. The third-order valence-corrected chi connectivity index (χ3v) is 4.42. The van der Waals surface area contributed by atoms with E-state index in [1.807, 2.05) is 18.2 Å². The van der Waals surface area contributed by atoms with Crippen LogP contribution in [0.1, 0.15) is 0 Å². The molecule has 0 amide bonds. The minimum absolute atomic E-state index is 0.180. The first-order valence-corrected chi connectivity index (χ1v) is 8.66. The summed E-state index contributed by atoms with van der Waals surface area (Å²) in [5.41, 5.74) is 2.34. The Balaban J connectivity index is 2.08. The van der Waals surface area contributed by atoms with Crippen molar-refractivity contribution in [1.29, 1.82) is 0 Å². The van der Waals surface area contributed by atoms with Crippen molar-refractivity contribution in [1.82, 2.24) is 19.9 Å². The molecule has 0 saturated heterocycles. The predicted octanol–water partition coefficient (Wildman–Crippen LogP) is 3.12. The minimum atomic E-state index is -0.217. The lowest BCUT2D eigenvalue weighted by atomic mass is 10.3. The average molecular weight is 306 g/mol. The molecule has 0 atom stereocenters. The van der Waals surface area contributed by atoms with Crippen molar-refractivity contribution in [2.75, 3.05) is 18.6 Å². The zero-order valence-corrected chi connectivity index (χ0v) is 12.7. The van der Waals surface area contributed by atoms with E-state index in [0.29, 0.717) is 11.5 Å². The molecular weight excluding hydrogens is 293 g/mol. The molecule has 3 aromatic rings. The molecule has 102 valence electrons. The summed E-state index contributed by atoms with van der Waals surface area (Å²) in [6.07, 6.45) is 1.58. The van der Waals surface area contributed by atoms with Crippen LogP contribution in [0.2, 0.25) is 5.28 Å². The number of nitrogens with zero attached hydrogens (tertiary/aromatic N) is 3. The normalized spacial score (nSPS) is 11.2. The Bertz CT molecular complexity index is 755. The fourth-order valence-corrected chi connectivity index (χ4v) is 3.15. The van der Waals surface area contributed by atoms with Gasteiger partial charge >= 0.3 is 0 Å². The van der Waals surface area contributed by atoms with E-state index in [9.17, 15) is 0 Å². The van der Waals surface area contributed by atoms with Crippen LogP contribution in [0, 0.1) is 0 Å². The van der Waals surface area contributed by atoms with Gasteiger partial charge < -0.3 is 10.3 Å². The molecule has 0 fully saturated rings. The smallest absolute Gasteiger partial charge is 0.226 e. The van der Waals surface area contributed by atoms with Crippen LogP contribution in [0.15, 0.2) is 30.6 Å². The highest BCUT2D eigenvalue weighted by atomic mass is 35.5.